The SMILES string of the molecule is O=C(CCN1CC(O)C1)OC(C(=O)O)C(=O)O. The van der Waals surface area contributed by atoms with Crippen LogP contribution in [0.25, 0.3) is 0 Å². The van der Waals surface area contributed by atoms with Crippen LogP contribution in [0.2, 0.25) is 0 Å². The zero-order valence-electron chi connectivity index (χ0n) is 8.90. The third-order valence-corrected chi connectivity index (χ3v) is 2.27. The van der Waals surface area contributed by atoms with Crippen LogP contribution in [0.1, 0.15) is 6.42 Å². The van der Waals surface area contributed by atoms with Gasteiger partial charge in [0, 0.05) is 19.6 Å². The van der Waals surface area contributed by atoms with Gasteiger partial charge in [0.25, 0.3) is 6.10 Å². The highest BCUT2D eigenvalue weighted by Crippen LogP contribution is 2.08. The van der Waals surface area contributed by atoms with Gasteiger partial charge >= 0.3 is 17.9 Å². The molecule has 96 valence electrons. The monoisotopic (exact) mass is 247 g/mol. The Bertz CT molecular complexity index is 309. The number of carboxylic acids is 2. The molecule has 8 heteroatoms. The predicted molar refractivity (Wildman–Crippen MR) is 52.2 cm³/mol. The summed E-state index contributed by atoms with van der Waals surface area (Å²) >= 11 is 0. The molecule has 1 saturated heterocycles. The van der Waals surface area contributed by atoms with E-state index in [1.165, 1.54) is 0 Å². The Kier molecular flexibility index (Phi) is 4.41. The van der Waals surface area contributed by atoms with Crippen molar-refractivity contribution in [3.8, 4) is 0 Å². The standard InChI is InChI=1S/C9H13NO7/c11-5-3-10(4-5)2-1-6(12)17-7(8(13)14)9(15)16/h5,7,11H,1-4H2,(H,13,14)(H,15,16). The fourth-order valence-corrected chi connectivity index (χ4v) is 1.37. The summed E-state index contributed by atoms with van der Waals surface area (Å²) < 4.78 is 4.29. The van der Waals surface area contributed by atoms with Gasteiger partial charge in [0.1, 0.15) is 0 Å². The van der Waals surface area contributed by atoms with Crippen LogP contribution in [0.15, 0.2) is 0 Å². The van der Waals surface area contributed by atoms with Gasteiger partial charge in [-0.05, 0) is 0 Å². The van der Waals surface area contributed by atoms with Gasteiger partial charge in [-0.1, -0.05) is 0 Å². The van der Waals surface area contributed by atoms with E-state index in [0.717, 1.165) is 0 Å². The number of rotatable bonds is 6. The lowest BCUT2D eigenvalue weighted by Crippen LogP contribution is -2.51. The average Bonchev–Trinajstić information content (AvgIpc) is 2.18. The largest absolute Gasteiger partial charge is 0.478 e. The van der Waals surface area contributed by atoms with E-state index in [0.29, 0.717) is 19.6 Å². The first kappa shape index (κ1) is 13.4. The summed E-state index contributed by atoms with van der Waals surface area (Å²) in [6, 6.07) is 0. The van der Waals surface area contributed by atoms with Crippen LogP contribution in [-0.2, 0) is 19.1 Å². The molecular weight excluding hydrogens is 234 g/mol. The molecule has 1 fully saturated rings. The smallest absolute Gasteiger partial charge is 0.356 e. The molecule has 0 aromatic rings. The minimum atomic E-state index is -2.16. The molecule has 0 radical (unpaired) electrons. The van der Waals surface area contributed by atoms with Gasteiger partial charge in [-0.15, -0.1) is 0 Å². The normalized spacial score (nSPS) is 16.6. The molecule has 1 aliphatic heterocycles. The molecule has 0 aromatic heterocycles. The quantitative estimate of drug-likeness (QED) is 0.368. The van der Waals surface area contributed by atoms with E-state index in [2.05, 4.69) is 4.74 Å². The number of hydrogen-bond donors (Lipinski definition) is 3. The Morgan fingerprint density at radius 1 is 1.24 bits per heavy atom. The number of nitrogens with zero attached hydrogens (tertiary/aromatic N) is 1. The fourth-order valence-electron chi connectivity index (χ4n) is 1.37. The first-order valence-corrected chi connectivity index (χ1v) is 4.95. The molecule has 0 spiro atoms. The second-order valence-electron chi connectivity index (χ2n) is 3.71. The number of aliphatic hydroxyl groups is 1. The number of carbonyl (C=O) groups is 3. The zero-order valence-corrected chi connectivity index (χ0v) is 8.90. The first-order valence-electron chi connectivity index (χ1n) is 4.95. The van der Waals surface area contributed by atoms with Crippen molar-refractivity contribution in [1.29, 1.82) is 0 Å². The Morgan fingerprint density at radius 3 is 2.18 bits per heavy atom. The van der Waals surface area contributed by atoms with Crippen LogP contribution < -0.4 is 0 Å². The number of likely N-dealkylation sites (tertiary alicyclic amines) is 1. The number of β-amino-alcohol motifs (C(OH)–C–C–N with tert-alkyl or cyclic N) is 1. The molecule has 0 bridgehead atoms. The maximum absolute atomic E-state index is 11.2. The summed E-state index contributed by atoms with van der Waals surface area (Å²) in [5, 5.41) is 25.9. The number of carbonyl (C=O) groups excluding carboxylic acids is 1. The van der Waals surface area contributed by atoms with Crippen LogP contribution in [0.3, 0.4) is 0 Å². The van der Waals surface area contributed by atoms with Crippen molar-refractivity contribution in [3.05, 3.63) is 0 Å². The van der Waals surface area contributed by atoms with E-state index >= 15 is 0 Å². The molecule has 1 heterocycles. The molecule has 3 N–H and O–H groups in total. The molecule has 0 atom stereocenters. The molecule has 0 amide bonds. The third kappa shape index (κ3) is 4.00. The summed E-state index contributed by atoms with van der Waals surface area (Å²) in [7, 11) is 0. The van der Waals surface area contributed by atoms with Crippen LogP contribution in [0, 0.1) is 0 Å². The van der Waals surface area contributed by atoms with E-state index in [9.17, 15) is 14.4 Å². The third-order valence-electron chi connectivity index (χ3n) is 2.27. The second kappa shape index (κ2) is 5.60. The first-order chi connectivity index (χ1) is 7.90. The number of aliphatic carboxylic acids is 2. The molecule has 0 aliphatic carbocycles. The van der Waals surface area contributed by atoms with Crippen LogP contribution in [-0.4, -0.2) is 70.0 Å². The van der Waals surface area contributed by atoms with Crippen molar-refractivity contribution in [2.45, 2.75) is 18.6 Å². The van der Waals surface area contributed by atoms with Gasteiger partial charge in [0.2, 0.25) is 0 Å². The molecule has 1 rings (SSSR count). The highest BCUT2D eigenvalue weighted by atomic mass is 16.6. The summed E-state index contributed by atoms with van der Waals surface area (Å²) in [6.45, 7) is 1.21. The number of hydrogen-bond acceptors (Lipinski definition) is 6. The maximum Gasteiger partial charge on any atom is 0.356 e. The Balaban J connectivity index is 2.28. The summed E-state index contributed by atoms with van der Waals surface area (Å²) in [4.78, 5) is 33.8. The van der Waals surface area contributed by atoms with E-state index in [1.807, 2.05) is 0 Å². The summed E-state index contributed by atoms with van der Waals surface area (Å²) in [6.07, 6.45) is -2.66. The number of aliphatic hydroxyl groups excluding tert-OH is 1. The minimum absolute atomic E-state index is 0.107. The van der Waals surface area contributed by atoms with Crippen molar-refractivity contribution in [2.75, 3.05) is 19.6 Å². The van der Waals surface area contributed by atoms with E-state index < -0.39 is 30.1 Å². The van der Waals surface area contributed by atoms with Crippen LogP contribution in [0.4, 0.5) is 0 Å². The van der Waals surface area contributed by atoms with Crippen molar-refractivity contribution in [3.63, 3.8) is 0 Å². The lowest BCUT2D eigenvalue weighted by Gasteiger charge is -2.35. The van der Waals surface area contributed by atoms with E-state index in [-0.39, 0.29) is 6.42 Å². The van der Waals surface area contributed by atoms with Gasteiger partial charge in [0.05, 0.1) is 12.5 Å². The van der Waals surface area contributed by atoms with Crippen molar-refractivity contribution < 1.29 is 34.4 Å². The topological polar surface area (TPSA) is 124 Å². The lowest BCUT2D eigenvalue weighted by molar-refractivity contribution is -0.175. The zero-order chi connectivity index (χ0) is 13.0. The lowest BCUT2D eigenvalue weighted by atomic mass is 10.1. The number of esters is 1. The average molecular weight is 247 g/mol. The Labute approximate surface area is 96.4 Å². The summed E-state index contributed by atoms with van der Waals surface area (Å²) in [5.41, 5.74) is 0. The number of carboxylic acid groups (broad SMARTS) is 2. The van der Waals surface area contributed by atoms with E-state index in [4.69, 9.17) is 15.3 Å². The molecule has 0 unspecified atom stereocenters. The van der Waals surface area contributed by atoms with Crippen LogP contribution in [0.5, 0.6) is 0 Å². The number of ether oxygens (including phenoxy) is 1. The second-order valence-corrected chi connectivity index (χ2v) is 3.71. The predicted octanol–water partition coefficient (Wildman–Crippen LogP) is -1.87. The molecule has 17 heavy (non-hydrogen) atoms. The molecule has 0 saturated carbocycles. The van der Waals surface area contributed by atoms with Gasteiger partial charge < -0.3 is 20.1 Å². The van der Waals surface area contributed by atoms with E-state index in [1.54, 1.807) is 4.90 Å². The Morgan fingerprint density at radius 2 is 1.76 bits per heavy atom. The van der Waals surface area contributed by atoms with Gasteiger partial charge in [-0.2, -0.15) is 0 Å². The summed E-state index contributed by atoms with van der Waals surface area (Å²) in [5.74, 6) is -4.32. The van der Waals surface area contributed by atoms with Gasteiger partial charge in [0.15, 0.2) is 0 Å². The fraction of sp³-hybridized carbons (Fsp3) is 0.667. The molecule has 0 aromatic carbocycles. The highest BCUT2D eigenvalue weighted by Gasteiger charge is 2.31. The van der Waals surface area contributed by atoms with Crippen LogP contribution >= 0.6 is 0 Å². The molecule has 1 aliphatic rings. The van der Waals surface area contributed by atoms with Gasteiger partial charge in [-0.3, -0.25) is 9.69 Å². The van der Waals surface area contributed by atoms with Gasteiger partial charge in [-0.25, -0.2) is 9.59 Å². The van der Waals surface area contributed by atoms with Crippen molar-refractivity contribution in [2.24, 2.45) is 0 Å². The molecular formula is C9H13NO7. The van der Waals surface area contributed by atoms with Crippen molar-refractivity contribution in [1.82, 2.24) is 4.90 Å². The highest BCUT2D eigenvalue weighted by molar-refractivity contribution is 5.97. The minimum Gasteiger partial charge on any atom is -0.478 e. The molecule has 8 nitrogen and oxygen atoms in total. The van der Waals surface area contributed by atoms with Crippen molar-refractivity contribution >= 4 is 17.9 Å². The maximum atomic E-state index is 11.2. The Hall–Kier alpha value is -1.67.